The van der Waals surface area contributed by atoms with Gasteiger partial charge in [-0.25, -0.2) is 4.79 Å². The fourth-order valence-corrected chi connectivity index (χ4v) is 3.73. The predicted octanol–water partition coefficient (Wildman–Crippen LogP) is 2.31. The second-order valence-electron chi connectivity index (χ2n) is 7.74. The van der Waals surface area contributed by atoms with Crippen LogP contribution >= 0.6 is 0 Å². The minimum Gasteiger partial charge on any atom is -0.444 e. The second kappa shape index (κ2) is 8.02. The molecule has 0 bridgehead atoms. The summed E-state index contributed by atoms with van der Waals surface area (Å²) in [7, 11) is -4.64. The first kappa shape index (κ1) is 21.4. The highest BCUT2D eigenvalue weighted by Crippen LogP contribution is 2.28. The van der Waals surface area contributed by atoms with Gasteiger partial charge < -0.3 is 20.3 Å². The molecule has 7 nitrogen and oxygen atoms in total. The summed E-state index contributed by atoms with van der Waals surface area (Å²) in [6.45, 7) is 9.57. The van der Waals surface area contributed by atoms with Gasteiger partial charge in [-0.15, -0.1) is 3.89 Å². The van der Waals surface area contributed by atoms with Crippen molar-refractivity contribution in [3.05, 3.63) is 28.8 Å². The Hall–Kier alpha value is -1.87. The number of benzene rings is 1. The Morgan fingerprint density at radius 1 is 1.22 bits per heavy atom. The van der Waals surface area contributed by atoms with Crippen LogP contribution in [0.25, 0.3) is 0 Å². The van der Waals surface area contributed by atoms with Gasteiger partial charge in [-0.05, 0) is 50.5 Å². The minimum absolute atomic E-state index is 0.227. The third-order valence-electron chi connectivity index (χ3n) is 4.38. The monoisotopic (exact) mass is 401 g/mol. The van der Waals surface area contributed by atoms with Crippen LogP contribution in [-0.2, 0) is 27.3 Å². The van der Waals surface area contributed by atoms with E-state index in [-0.39, 0.29) is 12.6 Å². The van der Waals surface area contributed by atoms with E-state index in [1.54, 1.807) is 17.9 Å². The first-order valence-electron chi connectivity index (χ1n) is 8.87. The maximum atomic E-state index is 13.2. The fourth-order valence-electron chi connectivity index (χ4n) is 3.06. The van der Waals surface area contributed by atoms with Crippen LogP contribution in [0.15, 0.2) is 12.1 Å². The van der Waals surface area contributed by atoms with Crippen LogP contribution in [0.5, 0.6) is 0 Å². The maximum Gasteiger partial charge on any atom is 0.410 e. The zero-order valence-corrected chi connectivity index (χ0v) is 17.1. The third kappa shape index (κ3) is 6.07. The van der Waals surface area contributed by atoms with E-state index in [4.69, 9.17) is 10.5 Å². The molecule has 1 fully saturated rings. The number of nitrogens with two attached hydrogens (primary N) is 1. The molecule has 0 aromatic heterocycles. The van der Waals surface area contributed by atoms with E-state index in [1.165, 1.54) is 0 Å². The summed E-state index contributed by atoms with van der Waals surface area (Å²) in [5, 5.41) is 0. The summed E-state index contributed by atoms with van der Waals surface area (Å²) in [5.74, 6) is -0.669. The number of hydrogen-bond acceptors (Lipinski definition) is 6. The van der Waals surface area contributed by atoms with Gasteiger partial charge in [0, 0.05) is 38.4 Å². The number of carbonyl (C=O) groups excluding carboxylic acids is 1. The van der Waals surface area contributed by atoms with Crippen LogP contribution in [0, 0.1) is 6.92 Å². The number of hydrogen-bond donors (Lipinski definition) is 1. The summed E-state index contributed by atoms with van der Waals surface area (Å²) in [4.78, 5) is 15.9. The molecule has 1 heterocycles. The molecule has 0 unspecified atom stereocenters. The Kier molecular flexibility index (Phi) is 6.36. The van der Waals surface area contributed by atoms with Crippen molar-refractivity contribution in [2.24, 2.45) is 5.73 Å². The molecule has 2 rings (SSSR count). The van der Waals surface area contributed by atoms with Crippen molar-refractivity contribution in [2.45, 2.75) is 45.6 Å². The Bertz CT molecular complexity index is 798. The summed E-state index contributed by atoms with van der Waals surface area (Å²) in [5.41, 5.74) is 7.85. The highest BCUT2D eigenvalue weighted by Gasteiger charge is 2.27. The molecule has 1 saturated heterocycles. The zero-order valence-electron chi connectivity index (χ0n) is 16.3. The summed E-state index contributed by atoms with van der Waals surface area (Å²) < 4.78 is 40.8. The molecule has 1 aromatic carbocycles. The van der Waals surface area contributed by atoms with Gasteiger partial charge in [0.05, 0.1) is 0 Å². The molecule has 9 heteroatoms. The molecule has 27 heavy (non-hydrogen) atoms. The van der Waals surface area contributed by atoms with Crippen LogP contribution in [0.3, 0.4) is 0 Å². The van der Waals surface area contributed by atoms with Gasteiger partial charge in [0.1, 0.15) is 11.4 Å². The van der Waals surface area contributed by atoms with E-state index in [2.05, 4.69) is 4.90 Å². The Morgan fingerprint density at radius 3 is 2.30 bits per heavy atom. The van der Waals surface area contributed by atoms with Gasteiger partial charge >= 0.3 is 16.3 Å². The van der Waals surface area contributed by atoms with Crippen molar-refractivity contribution in [1.82, 2.24) is 4.90 Å². The van der Waals surface area contributed by atoms with E-state index < -0.39 is 21.6 Å². The molecule has 1 aromatic rings. The van der Waals surface area contributed by atoms with E-state index in [9.17, 15) is 17.1 Å². The van der Waals surface area contributed by atoms with Gasteiger partial charge in [-0.2, -0.15) is 8.42 Å². The van der Waals surface area contributed by atoms with Gasteiger partial charge in [-0.3, -0.25) is 0 Å². The van der Waals surface area contributed by atoms with Gasteiger partial charge in [0.25, 0.3) is 0 Å². The molecule has 0 atom stereocenters. The van der Waals surface area contributed by atoms with Crippen molar-refractivity contribution < 1.29 is 21.8 Å². The molecule has 0 spiro atoms. The molecule has 1 aliphatic heterocycles. The normalized spacial score (nSPS) is 15.8. The SMILES string of the molecule is Cc1c(CS(=O)(=O)F)cc(CN)cc1N1CCN(C(=O)OC(C)(C)C)CC1. The van der Waals surface area contributed by atoms with E-state index in [0.717, 1.165) is 11.3 Å². The molecule has 2 N–H and O–H groups in total. The smallest absolute Gasteiger partial charge is 0.410 e. The lowest BCUT2D eigenvalue weighted by Gasteiger charge is -2.37. The van der Waals surface area contributed by atoms with Gasteiger partial charge in [-0.1, -0.05) is 6.07 Å². The van der Waals surface area contributed by atoms with Crippen molar-refractivity contribution in [3.8, 4) is 0 Å². The minimum atomic E-state index is -4.64. The molecule has 152 valence electrons. The number of rotatable bonds is 4. The van der Waals surface area contributed by atoms with Gasteiger partial charge in [0.2, 0.25) is 0 Å². The number of halogens is 1. The first-order valence-corrected chi connectivity index (χ1v) is 10.4. The number of nitrogens with zero attached hydrogens (tertiary/aromatic N) is 2. The zero-order chi connectivity index (χ0) is 20.4. The van der Waals surface area contributed by atoms with Crippen molar-refractivity contribution >= 4 is 22.0 Å². The molecular formula is C18H28FN3O4S. The molecule has 0 saturated carbocycles. The maximum absolute atomic E-state index is 13.2. The quantitative estimate of drug-likeness (QED) is 0.779. The third-order valence-corrected chi connectivity index (χ3v) is 5.04. The highest BCUT2D eigenvalue weighted by molar-refractivity contribution is 7.85. The van der Waals surface area contributed by atoms with Gasteiger partial charge in [0.15, 0.2) is 0 Å². The van der Waals surface area contributed by atoms with Crippen molar-refractivity contribution in [3.63, 3.8) is 0 Å². The molecule has 0 radical (unpaired) electrons. The number of ether oxygens (including phenoxy) is 1. The van der Waals surface area contributed by atoms with E-state index in [1.807, 2.05) is 26.8 Å². The van der Waals surface area contributed by atoms with Crippen LogP contribution in [0.4, 0.5) is 14.4 Å². The number of carbonyl (C=O) groups is 1. The van der Waals surface area contributed by atoms with Crippen LogP contribution in [0.1, 0.15) is 37.5 Å². The van der Waals surface area contributed by atoms with Crippen LogP contribution in [-0.4, -0.2) is 51.2 Å². The van der Waals surface area contributed by atoms with E-state index in [0.29, 0.717) is 37.3 Å². The molecule has 0 aliphatic carbocycles. The Balaban J connectivity index is 2.18. The van der Waals surface area contributed by atoms with Crippen molar-refractivity contribution in [2.75, 3.05) is 31.1 Å². The average Bonchev–Trinajstić information content (AvgIpc) is 2.54. The number of anilines is 1. The largest absolute Gasteiger partial charge is 0.444 e. The van der Waals surface area contributed by atoms with Crippen LogP contribution in [0.2, 0.25) is 0 Å². The number of amides is 1. The summed E-state index contributed by atoms with van der Waals surface area (Å²) in [6, 6.07) is 3.53. The average molecular weight is 402 g/mol. The number of piperazine rings is 1. The van der Waals surface area contributed by atoms with Crippen LogP contribution < -0.4 is 10.6 Å². The van der Waals surface area contributed by atoms with Crippen molar-refractivity contribution in [1.29, 1.82) is 0 Å². The van der Waals surface area contributed by atoms with E-state index >= 15 is 0 Å². The summed E-state index contributed by atoms with van der Waals surface area (Å²) >= 11 is 0. The fraction of sp³-hybridized carbons (Fsp3) is 0.611. The molecular weight excluding hydrogens is 373 g/mol. The lowest BCUT2D eigenvalue weighted by molar-refractivity contribution is 0.0240. The Labute approximate surface area is 160 Å². The summed E-state index contributed by atoms with van der Waals surface area (Å²) in [6.07, 6.45) is -0.348. The molecule has 1 aliphatic rings. The standard InChI is InChI=1S/C18H28FN3O4S/c1-13-15(12-27(19,24)25)9-14(11-20)10-16(13)21-5-7-22(8-6-21)17(23)26-18(2,3)4/h9-10H,5-8,11-12,20H2,1-4H3. The second-order valence-corrected chi connectivity index (χ2v) is 9.11. The highest BCUT2D eigenvalue weighted by atomic mass is 32.3. The first-order chi connectivity index (χ1) is 12.4. The Morgan fingerprint density at radius 2 is 1.81 bits per heavy atom. The lowest BCUT2D eigenvalue weighted by atomic mass is 10.0. The predicted molar refractivity (Wildman–Crippen MR) is 103 cm³/mol. The molecule has 1 amide bonds. The lowest BCUT2D eigenvalue weighted by Crippen LogP contribution is -2.50. The topological polar surface area (TPSA) is 92.9 Å².